The van der Waals surface area contributed by atoms with E-state index in [1.807, 2.05) is 22.4 Å². The molecule has 2 aromatic heterocycles. The number of rotatable bonds is 3. The first-order valence-electron chi connectivity index (χ1n) is 8.64. The van der Waals surface area contributed by atoms with E-state index in [9.17, 15) is 9.59 Å². The number of carbonyl (C=O) groups is 1. The van der Waals surface area contributed by atoms with E-state index >= 15 is 0 Å². The number of carbonyl (C=O) groups excluding carboxylic acids is 1. The topological polar surface area (TPSA) is 55.2 Å². The summed E-state index contributed by atoms with van der Waals surface area (Å²) in [5.41, 5.74) is 1.57. The molecule has 0 aliphatic carbocycles. The van der Waals surface area contributed by atoms with E-state index in [1.54, 1.807) is 12.1 Å². The standard InChI is InChI=1S/C19H18ClN3O2S/c20-14-6-4-13(5-7-14)15-11-26-18-17(15)19(25)23(12-21-18)10-16(24)22-8-2-1-3-9-22/h4-7,11-12H,1-3,8-10H2. The van der Waals surface area contributed by atoms with Gasteiger partial charge in [0.2, 0.25) is 5.91 Å². The third-order valence-corrected chi connectivity index (χ3v) is 5.87. The molecule has 1 aromatic carbocycles. The molecule has 3 heterocycles. The van der Waals surface area contributed by atoms with E-state index in [1.165, 1.54) is 22.2 Å². The molecule has 1 amide bonds. The summed E-state index contributed by atoms with van der Waals surface area (Å²) in [6.07, 6.45) is 4.71. The average Bonchev–Trinajstić information content (AvgIpc) is 3.10. The highest BCUT2D eigenvalue weighted by Gasteiger charge is 2.19. The zero-order valence-electron chi connectivity index (χ0n) is 14.2. The summed E-state index contributed by atoms with van der Waals surface area (Å²) in [5.74, 6) is -0.0174. The number of halogens is 1. The van der Waals surface area contributed by atoms with Crippen LogP contribution in [0.25, 0.3) is 21.3 Å². The van der Waals surface area contributed by atoms with E-state index in [-0.39, 0.29) is 18.0 Å². The molecule has 1 aliphatic heterocycles. The second-order valence-corrected chi connectivity index (χ2v) is 7.75. The quantitative estimate of drug-likeness (QED) is 0.687. The summed E-state index contributed by atoms with van der Waals surface area (Å²) < 4.78 is 1.42. The number of fused-ring (bicyclic) bond motifs is 1. The van der Waals surface area contributed by atoms with Gasteiger partial charge < -0.3 is 4.90 Å². The number of benzene rings is 1. The fraction of sp³-hybridized carbons (Fsp3) is 0.316. The molecule has 134 valence electrons. The van der Waals surface area contributed by atoms with Crippen molar-refractivity contribution in [2.45, 2.75) is 25.8 Å². The second-order valence-electron chi connectivity index (χ2n) is 6.46. The summed E-state index contributed by atoms with van der Waals surface area (Å²) in [6, 6.07) is 7.38. The van der Waals surface area contributed by atoms with Gasteiger partial charge in [0, 0.05) is 29.1 Å². The van der Waals surface area contributed by atoms with Crippen LogP contribution in [-0.4, -0.2) is 33.4 Å². The van der Waals surface area contributed by atoms with Crippen LogP contribution >= 0.6 is 22.9 Å². The van der Waals surface area contributed by atoms with Crippen LogP contribution in [0.2, 0.25) is 5.02 Å². The molecule has 0 atom stereocenters. The third kappa shape index (κ3) is 3.27. The van der Waals surface area contributed by atoms with Gasteiger partial charge in [0.1, 0.15) is 11.4 Å². The van der Waals surface area contributed by atoms with Gasteiger partial charge in [-0.3, -0.25) is 14.2 Å². The highest BCUT2D eigenvalue weighted by atomic mass is 35.5. The molecular weight excluding hydrogens is 370 g/mol. The Morgan fingerprint density at radius 1 is 1.15 bits per heavy atom. The molecule has 3 aromatic rings. The fourth-order valence-electron chi connectivity index (χ4n) is 3.31. The molecule has 0 bridgehead atoms. The van der Waals surface area contributed by atoms with Crippen LogP contribution in [0, 0.1) is 0 Å². The Hall–Kier alpha value is -2.18. The number of nitrogens with zero attached hydrogens (tertiary/aromatic N) is 3. The van der Waals surface area contributed by atoms with E-state index in [0.29, 0.717) is 15.2 Å². The zero-order chi connectivity index (χ0) is 18.1. The van der Waals surface area contributed by atoms with E-state index in [0.717, 1.165) is 43.5 Å². The summed E-state index contributed by atoms with van der Waals surface area (Å²) in [5, 5.41) is 3.14. The molecule has 0 N–H and O–H groups in total. The molecule has 26 heavy (non-hydrogen) atoms. The van der Waals surface area contributed by atoms with E-state index in [4.69, 9.17) is 11.6 Å². The van der Waals surface area contributed by atoms with Crippen molar-refractivity contribution in [2.75, 3.05) is 13.1 Å². The molecule has 0 spiro atoms. The smallest absolute Gasteiger partial charge is 0.263 e. The Morgan fingerprint density at radius 3 is 2.62 bits per heavy atom. The van der Waals surface area contributed by atoms with Crippen LogP contribution in [0.3, 0.4) is 0 Å². The zero-order valence-corrected chi connectivity index (χ0v) is 15.7. The van der Waals surface area contributed by atoms with Gasteiger partial charge in [0.05, 0.1) is 11.7 Å². The number of piperidine rings is 1. The molecule has 0 radical (unpaired) electrons. The first kappa shape index (κ1) is 17.2. The van der Waals surface area contributed by atoms with Crippen molar-refractivity contribution in [3.63, 3.8) is 0 Å². The molecule has 7 heteroatoms. The SMILES string of the molecule is O=C(Cn1cnc2scc(-c3ccc(Cl)cc3)c2c1=O)N1CCCCC1. The van der Waals surface area contributed by atoms with Crippen molar-refractivity contribution in [1.29, 1.82) is 0 Å². The maximum absolute atomic E-state index is 13.0. The summed E-state index contributed by atoms with van der Waals surface area (Å²) in [6.45, 7) is 1.59. The summed E-state index contributed by atoms with van der Waals surface area (Å²) >= 11 is 7.39. The molecule has 1 fully saturated rings. The summed E-state index contributed by atoms with van der Waals surface area (Å²) in [4.78, 5) is 32.4. The first-order valence-corrected chi connectivity index (χ1v) is 9.89. The molecule has 4 rings (SSSR count). The van der Waals surface area contributed by atoms with E-state index in [2.05, 4.69) is 4.98 Å². The highest BCUT2D eigenvalue weighted by Crippen LogP contribution is 2.31. The average molecular weight is 388 g/mol. The number of thiophene rings is 1. The van der Waals surface area contributed by atoms with Gasteiger partial charge in [-0.25, -0.2) is 4.98 Å². The van der Waals surface area contributed by atoms with Crippen molar-refractivity contribution in [3.8, 4) is 11.1 Å². The second kappa shape index (κ2) is 7.21. The predicted molar refractivity (Wildman–Crippen MR) is 105 cm³/mol. The lowest BCUT2D eigenvalue weighted by atomic mass is 10.1. The number of hydrogen-bond donors (Lipinski definition) is 0. The van der Waals surface area contributed by atoms with Crippen LogP contribution in [0.15, 0.2) is 40.8 Å². The van der Waals surface area contributed by atoms with Gasteiger partial charge >= 0.3 is 0 Å². The maximum Gasteiger partial charge on any atom is 0.263 e. The Balaban J connectivity index is 1.70. The lowest BCUT2D eigenvalue weighted by Gasteiger charge is -2.26. The lowest BCUT2D eigenvalue weighted by molar-refractivity contribution is -0.132. The van der Waals surface area contributed by atoms with Gasteiger partial charge in [-0.2, -0.15) is 0 Å². The minimum Gasteiger partial charge on any atom is -0.341 e. The predicted octanol–water partition coefficient (Wildman–Crippen LogP) is 3.79. The number of likely N-dealkylation sites (tertiary alicyclic amines) is 1. The molecule has 5 nitrogen and oxygen atoms in total. The van der Waals surface area contributed by atoms with Gasteiger partial charge in [-0.05, 0) is 37.0 Å². The van der Waals surface area contributed by atoms with Crippen LogP contribution in [0.1, 0.15) is 19.3 Å². The first-order chi connectivity index (χ1) is 12.6. The van der Waals surface area contributed by atoms with Crippen molar-refractivity contribution in [3.05, 3.63) is 51.3 Å². The van der Waals surface area contributed by atoms with Crippen LogP contribution < -0.4 is 5.56 Å². The third-order valence-electron chi connectivity index (χ3n) is 4.73. The Labute approximate surface area is 159 Å². The van der Waals surface area contributed by atoms with Crippen molar-refractivity contribution >= 4 is 39.1 Å². The Bertz CT molecular complexity index is 1000. The fourth-order valence-corrected chi connectivity index (χ4v) is 4.34. The van der Waals surface area contributed by atoms with Gasteiger partial charge in [-0.15, -0.1) is 11.3 Å². The Morgan fingerprint density at radius 2 is 1.88 bits per heavy atom. The number of aromatic nitrogens is 2. The van der Waals surface area contributed by atoms with Gasteiger partial charge in [-0.1, -0.05) is 23.7 Å². The largest absolute Gasteiger partial charge is 0.341 e. The lowest BCUT2D eigenvalue weighted by Crippen LogP contribution is -2.39. The molecule has 1 aliphatic rings. The minimum absolute atomic E-state index is 0.0174. The van der Waals surface area contributed by atoms with Crippen molar-refractivity contribution in [1.82, 2.24) is 14.5 Å². The molecular formula is C19H18ClN3O2S. The molecule has 0 unspecified atom stereocenters. The van der Waals surface area contributed by atoms with Crippen molar-refractivity contribution in [2.24, 2.45) is 0 Å². The van der Waals surface area contributed by atoms with Crippen LogP contribution in [-0.2, 0) is 11.3 Å². The Kier molecular flexibility index (Phi) is 4.78. The highest BCUT2D eigenvalue weighted by molar-refractivity contribution is 7.17. The molecule has 0 saturated carbocycles. The maximum atomic E-state index is 13.0. The number of amides is 1. The van der Waals surface area contributed by atoms with Gasteiger partial charge in [0.25, 0.3) is 5.56 Å². The van der Waals surface area contributed by atoms with Gasteiger partial charge in [0.15, 0.2) is 0 Å². The van der Waals surface area contributed by atoms with Crippen LogP contribution in [0.5, 0.6) is 0 Å². The van der Waals surface area contributed by atoms with Crippen LogP contribution in [0.4, 0.5) is 0 Å². The monoisotopic (exact) mass is 387 g/mol. The van der Waals surface area contributed by atoms with E-state index < -0.39 is 0 Å². The summed E-state index contributed by atoms with van der Waals surface area (Å²) in [7, 11) is 0. The normalized spacial score (nSPS) is 14.7. The minimum atomic E-state index is -0.174. The van der Waals surface area contributed by atoms with Crippen molar-refractivity contribution < 1.29 is 4.79 Å². The number of hydrogen-bond acceptors (Lipinski definition) is 4. The molecule has 1 saturated heterocycles.